The van der Waals surface area contributed by atoms with Crippen LogP contribution in [0.4, 0.5) is 10.5 Å². The van der Waals surface area contributed by atoms with E-state index >= 15 is 0 Å². The van der Waals surface area contributed by atoms with Crippen molar-refractivity contribution in [3.05, 3.63) is 29.8 Å². The summed E-state index contributed by atoms with van der Waals surface area (Å²) >= 11 is 0. The number of ether oxygens (including phenoxy) is 1. The summed E-state index contributed by atoms with van der Waals surface area (Å²) in [5, 5.41) is 5.56. The summed E-state index contributed by atoms with van der Waals surface area (Å²) in [6.07, 6.45) is 4.02. The summed E-state index contributed by atoms with van der Waals surface area (Å²) in [7, 11) is 0. The topological polar surface area (TPSA) is 109 Å². The maximum atomic E-state index is 12.0. The molecule has 1 aliphatic heterocycles. The molecule has 0 bridgehead atoms. The van der Waals surface area contributed by atoms with Crippen molar-refractivity contribution >= 4 is 23.5 Å². The number of carbonyl (C=O) groups excluding carboxylic acids is 3. The molecule has 140 valence electrons. The Morgan fingerprint density at radius 2 is 1.88 bits per heavy atom. The predicted octanol–water partition coefficient (Wildman–Crippen LogP) is 1.43. The zero-order valence-electron chi connectivity index (χ0n) is 14.5. The fourth-order valence-electron chi connectivity index (χ4n) is 2.88. The molecule has 3 rings (SSSR count). The molecular formula is C18H24N4O4. The van der Waals surface area contributed by atoms with Gasteiger partial charge in [0.25, 0.3) is 5.91 Å². The van der Waals surface area contributed by atoms with Crippen LogP contribution in [0.1, 0.15) is 37.7 Å². The van der Waals surface area contributed by atoms with Crippen LogP contribution in [0.3, 0.4) is 0 Å². The Kier molecular flexibility index (Phi) is 6.06. The molecule has 1 saturated heterocycles. The SMILES string of the molecule is O=C(NCc1cccc(NC(=O)C2CCC2)c1)NNC(=O)[C@@H]1CCCO1. The lowest BCUT2D eigenvalue weighted by Crippen LogP contribution is -2.49. The number of benzene rings is 1. The quantitative estimate of drug-likeness (QED) is 0.596. The highest BCUT2D eigenvalue weighted by Gasteiger charge is 2.25. The molecule has 1 saturated carbocycles. The van der Waals surface area contributed by atoms with Crippen molar-refractivity contribution in [1.29, 1.82) is 0 Å². The van der Waals surface area contributed by atoms with Gasteiger partial charge in [0.15, 0.2) is 0 Å². The summed E-state index contributed by atoms with van der Waals surface area (Å²) < 4.78 is 5.23. The normalized spacial score (nSPS) is 19.3. The minimum Gasteiger partial charge on any atom is -0.368 e. The second kappa shape index (κ2) is 8.66. The molecule has 1 aromatic carbocycles. The molecule has 26 heavy (non-hydrogen) atoms. The maximum Gasteiger partial charge on any atom is 0.333 e. The van der Waals surface area contributed by atoms with Gasteiger partial charge in [-0.2, -0.15) is 0 Å². The van der Waals surface area contributed by atoms with Gasteiger partial charge in [-0.3, -0.25) is 15.0 Å². The fraction of sp³-hybridized carbons (Fsp3) is 0.500. The van der Waals surface area contributed by atoms with Gasteiger partial charge in [0.2, 0.25) is 5.91 Å². The number of anilines is 1. The third kappa shape index (κ3) is 4.95. The fourth-order valence-corrected chi connectivity index (χ4v) is 2.88. The van der Waals surface area contributed by atoms with Crippen molar-refractivity contribution in [1.82, 2.24) is 16.2 Å². The van der Waals surface area contributed by atoms with E-state index in [1.807, 2.05) is 24.3 Å². The van der Waals surface area contributed by atoms with Gasteiger partial charge < -0.3 is 15.4 Å². The van der Waals surface area contributed by atoms with E-state index < -0.39 is 12.1 Å². The first-order valence-electron chi connectivity index (χ1n) is 8.97. The maximum absolute atomic E-state index is 12.0. The van der Waals surface area contributed by atoms with Crippen molar-refractivity contribution in [2.24, 2.45) is 5.92 Å². The van der Waals surface area contributed by atoms with Crippen molar-refractivity contribution in [2.75, 3.05) is 11.9 Å². The van der Waals surface area contributed by atoms with Gasteiger partial charge in [0.1, 0.15) is 6.10 Å². The second-order valence-corrected chi connectivity index (χ2v) is 6.62. The predicted molar refractivity (Wildman–Crippen MR) is 94.9 cm³/mol. The number of hydrogen-bond donors (Lipinski definition) is 4. The Balaban J connectivity index is 1.40. The van der Waals surface area contributed by atoms with Gasteiger partial charge in [-0.1, -0.05) is 18.6 Å². The van der Waals surface area contributed by atoms with Crippen molar-refractivity contribution < 1.29 is 19.1 Å². The van der Waals surface area contributed by atoms with Crippen LogP contribution < -0.4 is 21.5 Å². The first-order chi connectivity index (χ1) is 12.6. The third-order valence-corrected chi connectivity index (χ3v) is 4.64. The number of hydrogen-bond acceptors (Lipinski definition) is 4. The van der Waals surface area contributed by atoms with Crippen molar-refractivity contribution in [3.63, 3.8) is 0 Å². The molecule has 1 aromatic rings. The largest absolute Gasteiger partial charge is 0.368 e. The highest BCUT2D eigenvalue weighted by molar-refractivity contribution is 5.93. The number of urea groups is 1. The van der Waals surface area contributed by atoms with Crippen LogP contribution in [0.25, 0.3) is 0 Å². The minimum absolute atomic E-state index is 0.0518. The summed E-state index contributed by atoms with van der Waals surface area (Å²) in [5.74, 6) is -0.177. The Morgan fingerprint density at radius 3 is 2.58 bits per heavy atom. The Bertz CT molecular complexity index is 669. The molecule has 1 atom stereocenters. The van der Waals surface area contributed by atoms with E-state index in [1.165, 1.54) is 0 Å². The molecule has 0 radical (unpaired) electrons. The minimum atomic E-state index is -0.514. The molecule has 2 fully saturated rings. The first kappa shape index (κ1) is 18.2. The number of nitrogens with one attached hydrogen (secondary N) is 4. The van der Waals surface area contributed by atoms with E-state index in [1.54, 1.807) is 0 Å². The van der Waals surface area contributed by atoms with Gasteiger partial charge in [0.05, 0.1) is 0 Å². The molecule has 8 heteroatoms. The van der Waals surface area contributed by atoms with Crippen molar-refractivity contribution in [2.45, 2.75) is 44.8 Å². The Hall–Kier alpha value is -2.61. The van der Waals surface area contributed by atoms with Crippen LogP contribution in [-0.4, -0.2) is 30.6 Å². The van der Waals surface area contributed by atoms with Gasteiger partial charge >= 0.3 is 6.03 Å². The smallest absolute Gasteiger partial charge is 0.333 e. The number of carbonyl (C=O) groups is 3. The van der Waals surface area contributed by atoms with Crippen LogP contribution in [0, 0.1) is 5.92 Å². The van der Waals surface area contributed by atoms with E-state index in [2.05, 4.69) is 21.5 Å². The van der Waals surface area contributed by atoms with Gasteiger partial charge in [-0.05, 0) is 43.4 Å². The third-order valence-electron chi connectivity index (χ3n) is 4.64. The number of hydrazine groups is 1. The van der Waals surface area contributed by atoms with E-state index in [4.69, 9.17) is 4.74 Å². The zero-order chi connectivity index (χ0) is 18.4. The molecule has 0 unspecified atom stereocenters. The van der Waals surface area contributed by atoms with E-state index in [-0.39, 0.29) is 24.3 Å². The Labute approximate surface area is 152 Å². The lowest BCUT2D eigenvalue weighted by molar-refractivity contribution is -0.130. The molecular weight excluding hydrogens is 336 g/mol. The molecule has 2 aliphatic rings. The number of amides is 4. The molecule has 1 heterocycles. The van der Waals surface area contributed by atoms with E-state index in [0.717, 1.165) is 31.2 Å². The summed E-state index contributed by atoms with van der Waals surface area (Å²) in [6, 6.07) is 6.80. The van der Waals surface area contributed by atoms with Crippen LogP contribution in [0.15, 0.2) is 24.3 Å². The molecule has 4 N–H and O–H groups in total. The summed E-state index contributed by atoms with van der Waals surface area (Å²) in [5.41, 5.74) is 6.21. The summed E-state index contributed by atoms with van der Waals surface area (Å²) in [4.78, 5) is 35.5. The average molecular weight is 360 g/mol. The van der Waals surface area contributed by atoms with Gasteiger partial charge in [0, 0.05) is 24.8 Å². The molecule has 8 nitrogen and oxygen atoms in total. The standard InChI is InChI=1S/C18H24N4O4/c23-16(13-5-2-6-13)20-14-7-1-4-12(10-14)11-19-18(25)22-21-17(24)15-8-3-9-26-15/h1,4,7,10,13,15H,2-3,5-6,8-9,11H2,(H,20,23)(H,21,24)(H2,19,22,25)/t15-/m0/s1. The van der Waals surface area contributed by atoms with Crippen LogP contribution in [-0.2, 0) is 20.9 Å². The molecule has 4 amide bonds. The van der Waals surface area contributed by atoms with E-state index in [9.17, 15) is 14.4 Å². The average Bonchev–Trinajstić information content (AvgIpc) is 3.11. The van der Waals surface area contributed by atoms with Crippen molar-refractivity contribution in [3.8, 4) is 0 Å². The zero-order valence-corrected chi connectivity index (χ0v) is 14.5. The molecule has 1 aliphatic carbocycles. The van der Waals surface area contributed by atoms with Crippen LogP contribution in [0.5, 0.6) is 0 Å². The molecule has 0 aromatic heterocycles. The summed E-state index contributed by atoms with van der Waals surface area (Å²) in [6.45, 7) is 0.840. The Morgan fingerprint density at radius 1 is 1.04 bits per heavy atom. The van der Waals surface area contributed by atoms with Crippen LogP contribution in [0.2, 0.25) is 0 Å². The highest BCUT2D eigenvalue weighted by atomic mass is 16.5. The first-order valence-corrected chi connectivity index (χ1v) is 8.97. The lowest BCUT2D eigenvalue weighted by atomic mass is 9.85. The van der Waals surface area contributed by atoms with Gasteiger partial charge in [-0.25, -0.2) is 10.2 Å². The second-order valence-electron chi connectivity index (χ2n) is 6.62. The number of rotatable bonds is 5. The molecule has 0 spiro atoms. The van der Waals surface area contributed by atoms with E-state index in [0.29, 0.717) is 18.7 Å². The van der Waals surface area contributed by atoms with Crippen LogP contribution >= 0.6 is 0 Å². The monoisotopic (exact) mass is 360 g/mol. The highest BCUT2D eigenvalue weighted by Crippen LogP contribution is 2.27. The van der Waals surface area contributed by atoms with Gasteiger partial charge in [-0.15, -0.1) is 0 Å². The lowest BCUT2D eigenvalue weighted by Gasteiger charge is -2.24.